The van der Waals surface area contributed by atoms with Crippen LogP contribution >= 0.6 is 11.8 Å². The van der Waals surface area contributed by atoms with Crippen molar-refractivity contribution in [1.82, 2.24) is 5.32 Å². The van der Waals surface area contributed by atoms with E-state index in [1.807, 2.05) is 0 Å². The molecule has 1 saturated heterocycles. The van der Waals surface area contributed by atoms with Gasteiger partial charge in [-0.1, -0.05) is 18.2 Å². The van der Waals surface area contributed by atoms with Gasteiger partial charge in [-0.15, -0.1) is 0 Å². The van der Waals surface area contributed by atoms with E-state index in [4.69, 9.17) is 0 Å². The molecule has 1 unspecified atom stereocenters. The zero-order chi connectivity index (χ0) is 11.5. The van der Waals surface area contributed by atoms with Crippen LogP contribution in [0, 0.1) is 0 Å². The number of para-hydroxylation sites is 1. The summed E-state index contributed by atoms with van der Waals surface area (Å²) in [4.78, 5) is 0. The molecule has 17 heavy (non-hydrogen) atoms. The maximum atomic E-state index is 3.71. The Balaban J connectivity index is 1.63. The molecule has 2 aliphatic rings. The highest BCUT2D eigenvalue weighted by Gasteiger charge is 2.16. The van der Waals surface area contributed by atoms with E-state index in [0.29, 0.717) is 6.04 Å². The van der Waals surface area contributed by atoms with Gasteiger partial charge in [0.25, 0.3) is 0 Å². The number of anilines is 1. The second kappa shape index (κ2) is 5.32. The molecule has 3 heteroatoms. The third-order valence-corrected chi connectivity index (χ3v) is 4.89. The average molecular weight is 248 g/mol. The molecule has 2 N–H and O–H groups in total. The summed E-state index contributed by atoms with van der Waals surface area (Å²) in [6.07, 6.45) is 3.89. The number of rotatable bonds is 3. The second-order valence-corrected chi connectivity index (χ2v) is 6.07. The van der Waals surface area contributed by atoms with Crippen molar-refractivity contribution in [2.75, 3.05) is 23.4 Å². The van der Waals surface area contributed by atoms with E-state index in [-0.39, 0.29) is 0 Å². The molecule has 2 aliphatic heterocycles. The van der Waals surface area contributed by atoms with Gasteiger partial charge in [0.15, 0.2) is 0 Å². The van der Waals surface area contributed by atoms with E-state index >= 15 is 0 Å². The largest absolute Gasteiger partial charge is 0.384 e. The van der Waals surface area contributed by atoms with E-state index < -0.39 is 0 Å². The molecule has 2 nitrogen and oxygen atoms in total. The zero-order valence-corrected chi connectivity index (χ0v) is 11.0. The molecule has 0 amide bonds. The Morgan fingerprint density at radius 1 is 1.41 bits per heavy atom. The minimum Gasteiger partial charge on any atom is -0.384 e. The zero-order valence-electron chi connectivity index (χ0n) is 10.2. The molecule has 0 radical (unpaired) electrons. The molecule has 1 atom stereocenters. The van der Waals surface area contributed by atoms with Crippen molar-refractivity contribution < 1.29 is 0 Å². The van der Waals surface area contributed by atoms with Crippen LogP contribution in [0.2, 0.25) is 0 Å². The molecule has 1 aromatic carbocycles. The highest BCUT2D eigenvalue weighted by atomic mass is 32.2. The molecule has 0 saturated carbocycles. The summed E-state index contributed by atoms with van der Waals surface area (Å²) in [6, 6.07) is 7.40. The van der Waals surface area contributed by atoms with Crippen molar-refractivity contribution in [3.8, 4) is 0 Å². The van der Waals surface area contributed by atoms with Crippen LogP contribution in [-0.4, -0.2) is 24.1 Å². The first-order valence-corrected chi connectivity index (χ1v) is 7.75. The summed E-state index contributed by atoms with van der Waals surface area (Å²) >= 11 is 2.09. The van der Waals surface area contributed by atoms with Crippen LogP contribution in [0.25, 0.3) is 0 Å². The van der Waals surface area contributed by atoms with E-state index in [1.54, 1.807) is 0 Å². The van der Waals surface area contributed by atoms with Gasteiger partial charge in [-0.3, -0.25) is 0 Å². The fourth-order valence-electron chi connectivity index (χ4n) is 2.71. The molecular weight excluding hydrogens is 228 g/mol. The molecular formula is C14H20N2S. The van der Waals surface area contributed by atoms with Crippen molar-refractivity contribution in [2.45, 2.75) is 31.8 Å². The fourth-order valence-corrected chi connectivity index (χ4v) is 3.82. The van der Waals surface area contributed by atoms with Gasteiger partial charge in [-0.25, -0.2) is 0 Å². The summed E-state index contributed by atoms with van der Waals surface area (Å²) in [5.74, 6) is 2.63. The number of hydrogen-bond donors (Lipinski definition) is 2. The Hall–Kier alpha value is -0.670. The molecule has 1 fully saturated rings. The predicted octanol–water partition coefficient (Wildman–Crippen LogP) is 2.64. The van der Waals surface area contributed by atoms with Gasteiger partial charge in [0.1, 0.15) is 0 Å². The molecule has 0 bridgehead atoms. The van der Waals surface area contributed by atoms with Crippen LogP contribution in [0.3, 0.4) is 0 Å². The molecule has 1 aromatic rings. The van der Waals surface area contributed by atoms with Gasteiger partial charge in [-0.2, -0.15) is 11.8 Å². The van der Waals surface area contributed by atoms with Crippen LogP contribution in [-0.2, 0) is 13.0 Å². The van der Waals surface area contributed by atoms with E-state index in [0.717, 1.165) is 13.1 Å². The minimum atomic E-state index is 0.714. The first kappa shape index (κ1) is 11.4. The standard InChI is InChI=1S/C14H20N2S/c1-3-11-6-7-15-14(11)12(4-1)9-16-13-5-2-8-17-10-13/h1,3-4,13,15-16H,2,5-10H2. The first-order valence-electron chi connectivity index (χ1n) is 6.59. The Labute approximate surface area is 108 Å². The topological polar surface area (TPSA) is 24.1 Å². The van der Waals surface area contributed by atoms with Crippen molar-refractivity contribution in [1.29, 1.82) is 0 Å². The van der Waals surface area contributed by atoms with Crippen LogP contribution in [0.4, 0.5) is 5.69 Å². The molecule has 0 aliphatic carbocycles. The number of benzene rings is 1. The van der Waals surface area contributed by atoms with Gasteiger partial charge >= 0.3 is 0 Å². The molecule has 0 aromatic heterocycles. The first-order chi connectivity index (χ1) is 8.43. The highest BCUT2D eigenvalue weighted by molar-refractivity contribution is 7.99. The van der Waals surface area contributed by atoms with E-state index in [2.05, 4.69) is 40.6 Å². The number of nitrogens with one attached hydrogen (secondary N) is 2. The van der Waals surface area contributed by atoms with Crippen molar-refractivity contribution in [3.63, 3.8) is 0 Å². The summed E-state index contributed by atoms with van der Waals surface area (Å²) < 4.78 is 0. The predicted molar refractivity (Wildman–Crippen MR) is 75.8 cm³/mol. The molecule has 0 spiro atoms. The van der Waals surface area contributed by atoms with Crippen LogP contribution < -0.4 is 10.6 Å². The normalized spacial score (nSPS) is 23.2. The smallest absolute Gasteiger partial charge is 0.0419 e. The van der Waals surface area contributed by atoms with Gasteiger partial charge in [0.05, 0.1) is 0 Å². The van der Waals surface area contributed by atoms with Gasteiger partial charge in [0, 0.05) is 30.6 Å². The molecule has 92 valence electrons. The van der Waals surface area contributed by atoms with Gasteiger partial charge in [-0.05, 0) is 36.1 Å². The van der Waals surface area contributed by atoms with E-state index in [1.165, 1.54) is 47.6 Å². The van der Waals surface area contributed by atoms with Gasteiger partial charge < -0.3 is 10.6 Å². The van der Waals surface area contributed by atoms with Crippen molar-refractivity contribution >= 4 is 17.4 Å². The number of thioether (sulfide) groups is 1. The lowest BCUT2D eigenvalue weighted by molar-refractivity contribution is 0.508. The summed E-state index contributed by atoms with van der Waals surface area (Å²) in [6.45, 7) is 2.12. The lowest BCUT2D eigenvalue weighted by Crippen LogP contribution is -2.33. The third-order valence-electron chi connectivity index (χ3n) is 3.67. The fraction of sp³-hybridized carbons (Fsp3) is 0.571. The Morgan fingerprint density at radius 2 is 2.41 bits per heavy atom. The summed E-state index contributed by atoms with van der Waals surface area (Å²) in [5, 5.41) is 7.22. The average Bonchev–Trinajstić information content (AvgIpc) is 2.86. The lowest BCUT2D eigenvalue weighted by Gasteiger charge is -2.23. The second-order valence-electron chi connectivity index (χ2n) is 4.92. The Morgan fingerprint density at radius 3 is 3.29 bits per heavy atom. The Bertz CT molecular complexity index is 386. The van der Waals surface area contributed by atoms with Crippen molar-refractivity contribution in [2.24, 2.45) is 0 Å². The van der Waals surface area contributed by atoms with Crippen LogP contribution in [0.1, 0.15) is 24.0 Å². The summed E-state index contributed by atoms with van der Waals surface area (Å²) in [5.41, 5.74) is 4.32. The lowest BCUT2D eigenvalue weighted by atomic mass is 10.1. The minimum absolute atomic E-state index is 0.714. The van der Waals surface area contributed by atoms with Gasteiger partial charge in [0.2, 0.25) is 0 Å². The maximum Gasteiger partial charge on any atom is 0.0419 e. The number of fused-ring (bicyclic) bond motifs is 1. The molecule has 3 rings (SSSR count). The van der Waals surface area contributed by atoms with Crippen molar-refractivity contribution in [3.05, 3.63) is 29.3 Å². The third kappa shape index (κ3) is 2.61. The summed E-state index contributed by atoms with van der Waals surface area (Å²) in [7, 11) is 0. The SMILES string of the molecule is c1cc2c(c(CNC3CCCSC3)c1)NCC2. The van der Waals surface area contributed by atoms with E-state index in [9.17, 15) is 0 Å². The molecule has 2 heterocycles. The maximum absolute atomic E-state index is 3.71. The van der Waals surface area contributed by atoms with Crippen LogP contribution in [0.15, 0.2) is 18.2 Å². The van der Waals surface area contributed by atoms with Crippen LogP contribution in [0.5, 0.6) is 0 Å². The quantitative estimate of drug-likeness (QED) is 0.860. The monoisotopic (exact) mass is 248 g/mol. The number of hydrogen-bond acceptors (Lipinski definition) is 3. The Kier molecular flexibility index (Phi) is 3.57. The highest BCUT2D eigenvalue weighted by Crippen LogP contribution is 2.26.